The van der Waals surface area contributed by atoms with Crippen LogP contribution in [0.1, 0.15) is 33.1 Å². The molecule has 0 aromatic carbocycles. The number of amides is 1. The second-order valence-corrected chi connectivity index (χ2v) is 5.27. The molecule has 2 rings (SSSR count). The standard InChI is InChI=1S/C12H22N2O/c1-9(2)11-12(15)13-6-7-14(11)8-10-4-3-5-10/h9-11H,3-8H2,1-2H3,(H,13,15). The third kappa shape index (κ3) is 2.33. The summed E-state index contributed by atoms with van der Waals surface area (Å²) in [7, 11) is 0. The van der Waals surface area contributed by atoms with Crippen molar-refractivity contribution in [2.75, 3.05) is 19.6 Å². The largest absolute Gasteiger partial charge is 0.353 e. The summed E-state index contributed by atoms with van der Waals surface area (Å²) < 4.78 is 0. The van der Waals surface area contributed by atoms with Crippen LogP contribution in [0.5, 0.6) is 0 Å². The van der Waals surface area contributed by atoms with Crippen LogP contribution in [0.2, 0.25) is 0 Å². The summed E-state index contributed by atoms with van der Waals surface area (Å²) in [6.07, 6.45) is 4.11. The molecule has 1 aliphatic heterocycles. The number of nitrogens with one attached hydrogen (secondary N) is 1. The first-order valence-electron chi connectivity index (χ1n) is 6.20. The van der Waals surface area contributed by atoms with Crippen LogP contribution in [0.25, 0.3) is 0 Å². The Labute approximate surface area is 92.2 Å². The molecule has 0 bridgehead atoms. The molecule has 0 spiro atoms. The molecule has 1 heterocycles. The van der Waals surface area contributed by atoms with Crippen molar-refractivity contribution in [3.05, 3.63) is 0 Å². The summed E-state index contributed by atoms with van der Waals surface area (Å²) in [5.41, 5.74) is 0. The molecule has 0 aromatic rings. The van der Waals surface area contributed by atoms with Crippen LogP contribution in [0.4, 0.5) is 0 Å². The average molecular weight is 210 g/mol. The fraction of sp³-hybridized carbons (Fsp3) is 0.917. The molecule has 3 heteroatoms. The van der Waals surface area contributed by atoms with Crippen LogP contribution in [0.15, 0.2) is 0 Å². The van der Waals surface area contributed by atoms with E-state index in [1.54, 1.807) is 0 Å². The van der Waals surface area contributed by atoms with E-state index in [0.717, 1.165) is 25.6 Å². The molecule has 1 saturated carbocycles. The van der Waals surface area contributed by atoms with E-state index in [1.165, 1.54) is 19.3 Å². The molecule has 15 heavy (non-hydrogen) atoms. The summed E-state index contributed by atoms with van der Waals surface area (Å²) in [6, 6.07) is 0.111. The van der Waals surface area contributed by atoms with E-state index < -0.39 is 0 Å². The Kier molecular flexibility index (Phi) is 3.29. The van der Waals surface area contributed by atoms with Crippen LogP contribution in [-0.4, -0.2) is 36.5 Å². The number of hydrogen-bond donors (Lipinski definition) is 1. The minimum absolute atomic E-state index is 0.111. The maximum atomic E-state index is 11.8. The minimum atomic E-state index is 0.111. The third-order valence-electron chi connectivity index (χ3n) is 3.71. The molecule has 3 nitrogen and oxygen atoms in total. The Balaban J connectivity index is 1.96. The molecule has 1 amide bonds. The van der Waals surface area contributed by atoms with Crippen molar-refractivity contribution in [3.8, 4) is 0 Å². The van der Waals surface area contributed by atoms with Gasteiger partial charge in [0.25, 0.3) is 0 Å². The molecule has 0 radical (unpaired) electrons. The van der Waals surface area contributed by atoms with Crippen LogP contribution in [0, 0.1) is 11.8 Å². The Morgan fingerprint density at radius 1 is 1.47 bits per heavy atom. The number of rotatable bonds is 3. The topological polar surface area (TPSA) is 32.3 Å². The molecule has 2 fully saturated rings. The second kappa shape index (κ2) is 4.52. The lowest BCUT2D eigenvalue weighted by molar-refractivity contribution is -0.131. The molecular formula is C12H22N2O. The van der Waals surface area contributed by atoms with E-state index in [4.69, 9.17) is 0 Å². The van der Waals surface area contributed by atoms with Gasteiger partial charge >= 0.3 is 0 Å². The van der Waals surface area contributed by atoms with Gasteiger partial charge in [-0.2, -0.15) is 0 Å². The highest BCUT2D eigenvalue weighted by Gasteiger charge is 2.34. The van der Waals surface area contributed by atoms with Crippen molar-refractivity contribution in [2.45, 2.75) is 39.2 Å². The van der Waals surface area contributed by atoms with E-state index in [1.807, 2.05) is 0 Å². The Hall–Kier alpha value is -0.570. The molecule has 1 aliphatic carbocycles. The Bertz CT molecular complexity index is 236. The summed E-state index contributed by atoms with van der Waals surface area (Å²) in [5, 5.41) is 2.97. The van der Waals surface area contributed by atoms with Gasteiger partial charge in [-0.3, -0.25) is 9.69 Å². The zero-order valence-electron chi connectivity index (χ0n) is 9.83. The van der Waals surface area contributed by atoms with Gasteiger partial charge in [0, 0.05) is 19.6 Å². The third-order valence-corrected chi connectivity index (χ3v) is 3.71. The van der Waals surface area contributed by atoms with Gasteiger partial charge in [0.05, 0.1) is 6.04 Å². The molecule has 1 saturated heterocycles. The fourth-order valence-corrected chi connectivity index (χ4v) is 2.67. The van der Waals surface area contributed by atoms with Gasteiger partial charge in [0.2, 0.25) is 5.91 Å². The van der Waals surface area contributed by atoms with Gasteiger partial charge in [-0.25, -0.2) is 0 Å². The SMILES string of the molecule is CC(C)C1C(=O)NCCN1CC1CCC1. The van der Waals surface area contributed by atoms with E-state index in [0.29, 0.717) is 5.92 Å². The highest BCUT2D eigenvalue weighted by molar-refractivity contribution is 5.82. The van der Waals surface area contributed by atoms with Gasteiger partial charge in [-0.05, 0) is 24.7 Å². The number of carbonyl (C=O) groups excluding carboxylic acids is 1. The smallest absolute Gasteiger partial charge is 0.237 e. The van der Waals surface area contributed by atoms with E-state index in [9.17, 15) is 4.79 Å². The Morgan fingerprint density at radius 2 is 2.20 bits per heavy atom. The van der Waals surface area contributed by atoms with Crippen LogP contribution < -0.4 is 5.32 Å². The number of hydrogen-bond acceptors (Lipinski definition) is 2. The molecule has 86 valence electrons. The molecule has 2 aliphatic rings. The maximum absolute atomic E-state index is 11.8. The van der Waals surface area contributed by atoms with E-state index in [-0.39, 0.29) is 11.9 Å². The van der Waals surface area contributed by atoms with Crippen molar-refractivity contribution in [3.63, 3.8) is 0 Å². The minimum Gasteiger partial charge on any atom is -0.353 e. The van der Waals surface area contributed by atoms with E-state index in [2.05, 4.69) is 24.1 Å². The monoisotopic (exact) mass is 210 g/mol. The van der Waals surface area contributed by atoms with Crippen molar-refractivity contribution in [2.24, 2.45) is 11.8 Å². The summed E-state index contributed by atoms with van der Waals surface area (Å²) in [6.45, 7) is 7.28. The lowest BCUT2D eigenvalue weighted by atomic mass is 9.84. The summed E-state index contributed by atoms with van der Waals surface area (Å²) in [4.78, 5) is 14.2. The fourth-order valence-electron chi connectivity index (χ4n) is 2.67. The quantitative estimate of drug-likeness (QED) is 0.760. The molecule has 1 N–H and O–H groups in total. The van der Waals surface area contributed by atoms with Crippen molar-refractivity contribution in [1.29, 1.82) is 0 Å². The number of piperazine rings is 1. The predicted octanol–water partition coefficient (Wildman–Crippen LogP) is 1.24. The average Bonchev–Trinajstić information content (AvgIpc) is 2.10. The van der Waals surface area contributed by atoms with Gasteiger partial charge in [-0.1, -0.05) is 20.3 Å². The first-order valence-corrected chi connectivity index (χ1v) is 6.20. The zero-order chi connectivity index (χ0) is 10.8. The highest BCUT2D eigenvalue weighted by Crippen LogP contribution is 2.28. The van der Waals surface area contributed by atoms with E-state index >= 15 is 0 Å². The van der Waals surface area contributed by atoms with Gasteiger partial charge in [0.15, 0.2) is 0 Å². The summed E-state index contributed by atoms with van der Waals surface area (Å²) >= 11 is 0. The van der Waals surface area contributed by atoms with Gasteiger partial charge in [-0.15, -0.1) is 0 Å². The molecule has 0 aromatic heterocycles. The number of carbonyl (C=O) groups is 1. The lowest BCUT2D eigenvalue weighted by Gasteiger charge is -2.41. The van der Waals surface area contributed by atoms with Crippen molar-refractivity contribution < 1.29 is 4.79 Å². The predicted molar refractivity (Wildman–Crippen MR) is 60.5 cm³/mol. The van der Waals surface area contributed by atoms with Crippen molar-refractivity contribution >= 4 is 5.91 Å². The maximum Gasteiger partial charge on any atom is 0.237 e. The van der Waals surface area contributed by atoms with Crippen molar-refractivity contribution in [1.82, 2.24) is 10.2 Å². The molecule has 1 unspecified atom stereocenters. The van der Waals surface area contributed by atoms with Crippen LogP contribution >= 0.6 is 0 Å². The second-order valence-electron chi connectivity index (χ2n) is 5.27. The first kappa shape index (κ1) is 10.9. The normalized spacial score (nSPS) is 29.0. The van der Waals surface area contributed by atoms with Crippen LogP contribution in [-0.2, 0) is 4.79 Å². The first-order chi connectivity index (χ1) is 7.18. The number of nitrogens with zero attached hydrogens (tertiary/aromatic N) is 1. The Morgan fingerprint density at radius 3 is 2.73 bits per heavy atom. The molecule has 1 atom stereocenters. The van der Waals surface area contributed by atoms with Gasteiger partial charge < -0.3 is 5.32 Å². The highest BCUT2D eigenvalue weighted by atomic mass is 16.2. The van der Waals surface area contributed by atoms with Gasteiger partial charge in [0.1, 0.15) is 0 Å². The zero-order valence-corrected chi connectivity index (χ0v) is 9.83. The summed E-state index contributed by atoms with van der Waals surface area (Å²) in [5.74, 6) is 1.51. The van der Waals surface area contributed by atoms with Crippen LogP contribution in [0.3, 0.4) is 0 Å². The molecular weight excluding hydrogens is 188 g/mol. The lowest BCUT2D eigenvalue weighted by Crippen LogP contribution is -2.58.